The van der Waals surface area contributed by atoms with Crippen molar-refractivity contribution in [2.24, 2.45) is 0 Å². The molecule has 0 saturated heterocycles. The zero-order chi connectivity index (χ0) is 10.3. The predicted molar refractivity (Wildman–Crippen MR) is 57.9 cm³/mol. The lowest BCUT2D eigenvalue weighted by Gasteiger charge is -1.97. The van der Waals surface area contributed by atoms with Crippen LogP contribution in [-0.4, -0.2) is 4.92 Å². The number of thiophene rings is 1. The van der Waals surface area contributed by atoms with Gasteiger partial charge in [0, 0.05) is 21.5 Å². The summed E-state index contributed by atoms with van der Waals surface area (Å²) in [4.78, 5) is 10.1. The second-order valence-corrected chi connectivity index (χ2v) is 4.07. The van der Waals surface area contributed by atoms with Crippen molar-refractivity contribution in [1.29, 1.82) is 0 Å². The molecule has 14 heavy (non-hydrogen) atoms. The van der Waals surface area contributed by atoms with Crippen LogP contribution >= 0.6 is 22.9 Å². The molecule has 1 heterocycles. The van der Waals surface area contributed by atoms with E-state index in [4.69, 9.17) is 17.3 Å². The van der Waals surface area contributed by atoms with Gasteiger partial charge in [0.15, 0.2) is 0 Å². The number of halogens is 1. The van der Waals surface area contributed by atoms with Crippen molar-refractivity contribution in [3.05, 3.63) is 32.6 Å². The average Bonchev–Trinajstić information content (AvgIpc) is 2.46. The molecule has 0 spiro atoms. The molecular formula is C8H5ClN2O2S. The lowest BCUT2D eigenvalue weighted by Crippen LogP contribution is -1.94. The summed E-state index contributed by atoms with van der Waals surface area (Å²) in [6.07, 6.45) is 0. The van der Waals surface area contributed by atoms with Crippen LogP contribution in [0.4, 0.5) is 11.4 Å². The van der Waals surface area contributed by atoms with Crippen molar-refractivity contribution < 1.29 is 4.92 Å². The minimum atomic E-state index is -0.498. The summed E-state index contributed by atoms with van der Waals surface area (Å²) in [5.41, 5.74) is 5.59. The van der Waals surface area contributed by atoms with Crippen molar-refractivity contribution in [3.63, 3.8) is 0 Å². The Morgan fingerprint density at radius 3 is 2.86 bits per heavy atom. The molecule has 0 bridgehead atoms. The molecule has 72 valence electrons. The smallest absolute Gasteiger partial charge is 0.293 e. The molecule has 4 nitrogen and oxygen atoms in total. The highest BCUT2D eigenvalue weighted by atomic mass is 35.5. The Morgan fingerprint density at radius 1 is 1.50 bits per heavy atom. The van der Waals surface area contributed by atoms with Crippen LogP contribution in [0.25, 0.3) is 10.1 Å². The van der Waals surface area contributed by atoms with Gasteiger partial charge >= 0.3 is 0 Å². The first-order chi connectivity index (χ1) is 6.59. The van der Waals surface area contributed by atoms with Crippen molar-refractivity contribution >= 4 is 44.4 Å². The molecule has 0 atom stereocenters. The average molecular weight is 229 g/mol. The van der Waals surface area contributed by atoms with E-state index in [-0.39, 0.29) is 11.4 Å². The molecule has 2 aromatic rings. The first-order valence-electron chi connectivity index (χ1n) is 3.70. The fourth-order valence-electron chi connectivity index (χ4n) is 1.21. The molecule has 0 aliphatic carbocycles. The highest BCUT2D eigenvalue weighted by molar-refractivity contribution is 7.17. The summed E-state index contributed by atoms with van der Waals surface area (Å²) in [7, 11) is 0. The van der Waals surface area contributed by atoms with Crippen LogP contribution in [-0.2, 0) is 0 Å². The van der Waals surface area contributed by atoms with Crippen LogP contribution in [0.1, 0.15) is 0 Å². The van der Waals surface area contributed by atoms with Gasteiger partial charge < -0.3 is 5.73 Å². The summed E-state index contributed by atoms with van der Waals surface area (Å²) in [5, 5.41) is 13.6. The zero-order valence-corrected chi connectivity index (χ0v) is 8.43. The van der Waals surface area contributed by atoms with E-state index < -0.39 is 4.92 Å². The summed E-state index contributed by atoms with van der Waals surface area (Å²) in [6, 6.07) is 2.98. The molecule has 0 amide bonds. The maximum atomic E-state index is 10.6. The minimum Gasteiger partial charge on any atom is -0.393 e. The van der Waals surface area contributed by atoms with Gasteiger partial charge in [-0.2, -0.15) is 0 Å². The van der Waals surface area contributed by atoms with Crippen molar-refractivity contribution in [2.45, 2.75) is 0 Å². The number of nitrogens with zero attached hydrogens (tertiary/aromatic N) is 1. The van der Waals surface area contributed by atoms with Crippen LogP contribution < -0.4 is 5.73 Å². The number of hydrogen-bond acceptors (Lipinski definition) is 4. The van der Waals surface area contributed by atoms with Gasteiger partial charge in [-0.05, 0) is 6.07 Å². The van der Waals surface area contributed by atoms with Crippen molar-refractivity contribution in [3.8, 4) is 0 Å². The Labute approximate surface area is 88.0 Å². The second kappa shape index (κ2) is 3.11. The number of rotatable bonds is 1. The van der Waals surface area contributed by atoms with Gasteiger partial charge in [0.1, 0.15) is 5.69 Å². The fraction of sp³-hybridized carbons (Fsp3) is 0. The number of nitrogen functional groups attached to an aromatic ring is 1. The van der Waals surface area contributed by atoms with Gasteiger partial charge in [0.2, 0.25) is 0 Å². The number of nitro benzene ring substituents is 1. The summed E-state index contributed by atoms with van der Waals surface area (Å²) in [6.45, 7) is 0. The number of anilines is 1. The van der Waals surface area contributed by atoms with Crippen LogP contribution in [0.15, 0.2) is 17.5 Å². The van der Waals surface area contributed by atoms with Gasteiger partial charge in [0.25, 0.3) is 5.69 Å². The van der Waals surface area contributed by atoms with Crippen LogP contribution in [0.5, 0.6) is 0 Å². The first kappa shape index (κ1) is 9.23. The van der Waals surface area contributed by atoms with E-state index in [1.165, 1.54) is 23.5 Å². The van der Waals surface area contributed by atoms with Crippen molar-refractivity contribution in [2.75, 3.05) is 5.73 Å². The van der Waals surface area contributed by atoms with Gasteiger partial charge in [-0.25, -0.2) is 0 Å². The third-order valence-corrected chi connectivity index (χ3v) is 3.26. The Bertz CT molecular complexity index is 523. The Morgan fingerprint density at radius 2 is 2.21 bits per heavy atom. The SMILES string of the molecule is Nc1cc2c(Cl)csc2cc1[N+](=O)[O-]. The minimum absolute atomic E-state index is 0.0731. The predicted octanol–water partition coefficient (Wildman–Crippen LogP) is 3.05. The Balaban J connectivity index is 2.79. The van der Waals surface area contributed by atoms with E-state index in [0.717, 1.165) is 10.1 Å². The molecule has 1 aromatic heterocycles. The monoisotopic (exact) mass is 228 g/mol. The number of nitro groups is 1. The lowest BCUT2D eigenvalue weighted by atomic mass is 10.2. The topological polar surface area (TPSA) is 69.2 Å². The van der Waals surface area contributed by atoms with Gasteiger partial charge in [-0.1, -0.05) is 11.6 Å². The van der Waals surface area contributed by atoms with Crippen molar-refractivity contribution in [1.82, 2.24) is 0 Å². The lowest BCUT2D eigenvalue weighted by molar-refractivity contribution is -0.383. The Hall–Kier alpha value is -1.33. The first-order valence-corrected chi connectivity index (χ1v) is 4.96. The molecule has 6 heteroatoms. The molecule has 0 radical (unpaired) electrons. The number of hydrogen-bond donors (Lipinski definition) is 1. The highest BCUT2D eigenvalue weighted by Gasteiger charge is 2.14. The number of fused-ring (bicyclic) bond motifs is 1. The molecular weight excluding hydrogens is 224 g/mol. The van der Waals surface area contributed by atoms with E-state index >= 15 is 0 Å². The van der Waals surface area contributed by atoms with Crippen LogP contribution in [0, 0.1) is 10.1 Å². The maximum absolute atomic E-state index is 10.6. The highest BCUT2D eigenvalue weighted by Crippen LogP contribution is 2.35. The Kier molecular flexibility index (Phi) is 2.05. The zero-order valence-electron chi connectivity index (χ0n) is 6.86. The van der Waals surface area contributed by atoms with E-state index in [1.807, 2.05) is 0 Å². The molecule has 0 fully saturated rings. The maximum Gasteiger partial charge on any atom is 0.293 e. The third-order valence-electron chi connectivity index (χ3n) is 1.87. The molecule has 0 unspecified atom stereocenters. The third kappa shape index (κ3) is 1.30. The van der Waals surface area contributed by atoms with E-state index in [9.17, 15) is 10.1 Å². The molecule has 0 saturated carbocycles. The van der Waals surface area contributed by atoms with Gasteiger partial charge in [0.05, 0.1) is 9.95 Å². The summed E-state index contributed by atoms with van der Waals surface area (Å²) in [5.74, 6) is 0. The normalized spacial score (nSPS) is 10.6. The van der Waals surface area contributed by atoms with E-state index in [1.54, 1.807) is 5.38 Å². The number of nitrogens with two attached hydrogens (primary N) is 1. The van der Waals surface area contributed by atoms with Crippen LogP contribution in [0.3, 0.4) is 0 Å². The number of benzene rings is 1. The van der Waals surface area contributed by atoms with Gasteiger partial charge in [-0.15, -0.1) is 11.3 Å². The van der Waals surface area contributed by atoms with Gasteiger partial charge in [-0.3, -0.25) is 10.1 Å². The van der Waals surface area contributed by atoms with E-state index in [2.05, 4.69) is 0 Å². The quantitative estimate of drug-likeness (QED) is 0.463. The summed E-state index contributed by atoms with van der Waals surface area (Å²) >= 11 is 7.22. The van der Waals surface area contributed by atoms with E-state index in [0.29, 0.717) is 5.02 Å². The second-order valence-electron chi connectivity index (χ2n) is 2.75. The molecule has 2 rings (SSSR count). The molecule has 2 N–H and O–H groups in total. The molecule has 0 aliphatic heterocycles. The fourth-order valence-corrected chi connectivity index (χ4v) is 2.39. The molecule has 1 aromatic carbocycles. The largest absolute Gasteiger partial charge is 0.393 e. The summed E-state index contributed by atoms with van der Waals surface area (Å²) < 4.78 is 0.774. The molecule has 0 aliphatic rings. The van der Waals surface area contributed by atoms with Crippen LogP contribution in [0.2, 0.25) is 5.02 Å². The standard InChI is InChI=1S/C8H5ClN2O2S/c9-5-3-14-8-2-7(11(12)13)6(10)1-4(5)8/h1-3H,10H2.